The number of carboxylic acid groups (broad SMARTS) is 1. The predicted octanol–water partition coefficient (Wildman–Crippen LogP) is 2.91. The van der Waals surface area contributed by atoms with Gasteiger partial charge in [-0.15, -0.1) is 0 Å². The molecule has 0 aliphatic carbocycles. The Morgan fingerprint density at radius 3 is 2.34 bits per heavy atom. The fourth-order valence-corrected chi connectivity index (χ4v) is 4.59. The van der Waals surface area contributed by atoms with E-state index in [0.717, 1.165) is 33.9 Å². The summed E-state index contributed by atoms with van der Waals surface area (Å²) in [4.78, 5) is 51.9. The Labute approximate surface area is 250 Å². The molecule has 1 atom stereocenters. The molecular formula is C27H28F6N4O6S. The highest BCUT2D eigenvalue weighted by molar-refractivity contribution is 7.99. The lowest BCUT2D eigenvalue weighted by atomic mass is 10.1. The lowest BCUT2D eigenvalue weighted by Gasteiger charge is -2.18. The highest BCUT2D eigenvalue weighted by atomic mass is 32.2. The third kappa shape index (κ3) is 11.4. The number of amides is 2. The van der Waals surface area contributed by atoms with Crippen molar-refractivity contribution in [1.82, 2.24) is 10.3 Å². The van der Waals surface area contributed by atoms with Crippen molar-refractivity contribution in [3.8, 4) is 5.75 Å². The van der Waals surface area contributed by atoms with Crippen LogP contribution in [-0.2, 0) is 25.6 Å². The number of carbonyl (C=O) groups is 4. The fourth-order valence-electron chi connectivity index (χ4n) is 3.73. The Kier molecular flexibility index (Phi) is 13.0. The molecule has 0 saturated carbocycles. The monoisotopic (exact) mass is 650 g/mol. The average Bonchev–Trinajstić information content (AvgIpc) is 3.25. The minimum atomic E-state index is -5.19. The second-order valence-corrected chi connectivity index (χ2v) is 10.2. The Hall–Kier alpha value is -4.28. The summed E-state index contributed by atoms with van der Waals surface area (Å²) < 4.78 is 74.0. The molecule has 0 unspecified atom stereocenters. The van der Waals surface area contributed by atoms with Gasteiger partial charge < -0.3 is 30.3 Å². The van der Waals surface area contributed by atoms with Gasteiger partial charge in [0.15, 0.2) is 12.4 Å². The topological polar surface area (TPSA) is 155 Å². The molecule has 10 nitrogen and oxygen atoms in total. The second kappa shape index (κ2) is 16.0. The number of aliphatic carboxylic acids is 1. The summed E-state index contributed by atoms with van der Waals surface area (Å²) in [7, 11) is 1.55. The van der Waals surface area contributed by atoms with Crippen molar-refractivity contribution in [3.05, 3.63) is 54.0 Å². The molecule has 0 aliphatic rings. The minimum absolute atomic E-state index is 0.0106. The summed E-state index contributed by atoms with van der Waals surface area (Å²) in [5, 5.41) is 15.1. The van der Waals surface area contributed by atoms with Crippen LogP contribution in [0.5, 0.6) is 5.75 Å². The summed E-state index contributed by atoms with van der Waals surface area (Å²) >= 11 is 0.840. The molecule has 0 bridgehead atoms. The molecule has 3 aromatic rings. The molecular weight excluding hydrogens is 622 g/mol. The Morgan fingerprint density at radius 2 is 1.77 bits per heavy atom. The van der Waals surface area contributed by atoms with E-state index in [9.17, 15) is 40.7 Å². The van der Waals surface area contributed by atoms with Crippen LogP contribution in [0.4, 0.5) is 32.0 Å². The van der Waals surface area contributed by atoms with Crippen LogP contribution in [-0.4, -0.2) is 65.6 Å². The number of nitrogens with one attached hydrogen (secondary N) is 4. The number of hydrogen-bond donors (Lipinski definition) is 3. The average molecular weight is 651 g/mol. The number of benzene rings is 1. The molecule has 2 aromatic heterocycles. The summed E-state index contributed by atoms with van der Waals surface area (Å²) in [6.45, 7) is 1.85. The van der Waals surface area contributed by atoms with Crippen LogP contribution < -0.4 is 25.5 Å². The molecule has 1 aromatic carbocycles. The third-order valence-electron chi connectivity index (χ3n) is 5.85. The summed E-state index contributed by atoms with van der Waals surface area (Å²) in [6.07, 6.45) is -6.29. The number of thioether (sulfide) groups is 1. The van der Waals surface area contributed by atoms with Crippen molar-refractivity contribution >= 4 is 51.9 Å². The predicted molar refractivity (Wildman–Crippen MR) is 146 cm³/mol. The van der Waals surface area contributed by atoms with Crippen LogP contribution >= 0.6 is 11.8 Å². The Balaban J connectivity index is 0.000000860. The number of H-pyrrole nitrogens is 2. The van der Waals surface area contributed by atoms with Gasteiger partial charge in [0.2, 0.25) is 17.6 Å². The molecule has 0 spiro atoms. The standard InChI is InChI=1S/C25H27F3N4O4S.C2HF3O2/c1-15-18(19-11-17(36-2)7-8-20(19)30-15)12-23(34)32-21(24(35)31-16-5-3-9-29-13-16)6-4-10-37-14-22(33)25(26,27)28;3-2(4,5)1(6)7/h3,5,7-9,11,13,21,30H,4,6,10,12,14H2,1-2H3,(H,31,35)(H,32,34);(H,6,7)/t21-;/m0./s1. The number of fused-ring (bicyclic) bond motifs is 1. The molecule has 4 N–H and O–H groups in total. The van der Waals surface area contributed by atoms with E-state index >= 15 is 0 Å². The highest BCUT2D eigenvalue weighted by Crippen LogP contribution is 2.27. The van der Waals surface area contributed by atoms with E-state index in [1.54, 1.807) is 31.6 Å². The van der Waals surface area contributed by atoms with Crippen LogP contribution in [0.3, 0.4) is 0 Å². The van der Waals surface area contributed by atoms with Gasteiger partial charge in [-0.25, -0.2) is 4.98 Å². The first-order valence-electron chi connectivity index (χ1n) is 12.7. The molecule has 44 heavy (non-hydrogen) atoms. The summed E-state index contributed by atoms with van der Waals surface area (Å²) in [5.41, 5.74) is 2.92. The van der Waals surface area contributed by atoms with Crippen molar-refractivity contribution in [1.29, 1.82) is 0 Å². The van der Waals surface area contributed by atoms with Gasteiger partial charge in [-0.2, -0.15) is 38.1 Å². The quantitative estimate of drug-likeness (QED) is 0.201. The number of halogens is 6. The molecule has 2 heterocycles. The van der Waals surface area contributed by atoms with E-state index < -0.39 is 41.8 Å². The normalized spacial score (nSPS) is 12.1. The van der Waals surface area contributed by atoms with Crippen LogP contribution in [0.15, 0.2) is 42.7 Å². The lowest BCUT2D eigenvalue weighted by molar-refractivity contribution is -0.377. The molecule has 0 radical (unpaired) electrons. The van der Waals surface area contributed by atoms with Crippen molar-refractivity contribution in [3.63, 3.8) is 0 Å². The van der Waals surface area contributed by atoms with E-state index in [-0.39, 0.29) is 24.5 Å². The zero-order chi connectivity index (χ0) is 33.1. The molecule has 0 saturated heterocycles. The van der Waals surface area contributed by atoms with Gasteiger partial charge in [-0.1, -0.05) is 0 Å². The van der Waals surface area contributed by atoms with Crippen LogP contribution in [0.25, 0.3) is 10.9 Å². The molecule has 240 valence electrons. The zero-order valence-electron chi connectivity index (χ0n) is 23.3. The first-order valence-corrected chi connectivity index (χ1v) is 13.9. The number of ether oxygens (including phenoxy) is 1. The van der Waals surface area contributed by atoms with E-state index in [1.165, 1.54) is 0 Å². The number of ketones is 1. The number of aromatic nitrogens is 2. The Morgan fingerprint density at radius 1 is 1.09 bits per heavy atom. The fraction of sp³-hybridized carbons (Fsp3) is 0.370. The first kappa shape index (κ1) is 35.9. The minimum Gasteiger partial charge on any atom is -0.542 e. The maximum absolute atomic E-state index is 13.0. The number of Topliss-reactive ketones (excluding diaryl/α,β-unsaturated/α-hetero) is 1. The number of aromatic amines is 2. The number of hydrogen-bond acceptors (Lipinski definition) is 7. The number of carboxylic acids is 1. The first-order chi connectivity index (χ1) is 20.5. The molecule has 17 heteroatoms. The van der Waals surface area contributed by atoms with Gasteiger partial charge in [0.1, 0.15) is 23.4 Å². The molecule has 2 amide bonds. The van der Waals surface area contributed by atoms with Gasteiger partial charge >= 0.3 is 12.4 Å². The van der Waals surface area contributed by atoms with E-state index in [0.29, 0.717) is 17.9 Å². The van der Waals surface area contributed by atoms with E-state index in [2.05, 4.69) is 20.6 Å². The highest BCUT2D eigenvalue weighted by Gasteiger charge is 2.37. The largest absolute Gasteiger partial charge is 0.542 e. The van der Waals surface area contributed by atoms with Gasteiger partial charge in [0.05, 0.1) is 19.3 Å². The van der Waals surface area contributed by atoms with Crippen LogP contribution in [0.2, 0.25) is 0 Å². The van der Waals surface area contributed by atoms with Crippen molar-refractivity contribution in [2.75, 3.05) is 23.9 Å². The summed E-state index contributed by atoms with van der Waals surface area (Å²) in [5.74, 6) is -5.46. The van der Waals surface area contributed by atoms with Crippen molar-refractivity contribution in [2.45, 2.75) is 44.6 Å². The number of aryl methyl sites for hydroxylation is 1. The van der Waals surface area contributed by atoms with Gasteiger partial charge in [-0.3, -0.25) is 14.4 Å². The maximum atomic E-state index is 13.0. The molecule has 0 aliphatic heterocycles. The number of pyridine rings is 1. The second-order valence-electron chi connectivity index (χ2n) is 9.12. The van der Waals surface area contributed by atoms with Gasteiger partial charge in [-0.05, 0) is 55.3 Å². The molecule has 0 fully saturated rings. The number of rotatable bonds is 12. The van der Waals surface area contributed by atoms with Crippen LogP contribution in [0, 0.1) is 6.92 Å². The molecule has 3 rings (SSSR count). The van der Waals surface area contributed by atoms with E-state index in [1.807, 2.05) is 25.1 Å². The number of alkyl halides is 6. The smallest absolute Gasteiger partial charge is 0.450 e. The Bertz CT molecular complexity index is 1450. The number of carbonyl (C=O) groups excluding carboxylic acids is 4. The summed E-state index contributed by atoms with van der Waals surface area (Å²) in [6, 6.07) is 7.95. The SMILES string of the molecule is COc1ccc2[nH]c(C)c(CC(=O)N[C@@H](CCCSCC(=O)C(F)(F)F)C(=O)Nc3ccc[nH+]c3)c2c1.O=C([O-])C(F)(F)F. The van der Waals surface area contributed by atoms with Gasteiger partial charge in [0, 0.05) is 22.7 Å². The van der Waals surface area contributed by atoms with E-state index in [4.69, 9.17) is 14.6 Å². The number of methoxy groups -OCH3 is 1. The third-order valence-corrected chi connectivity index (χ3v) is 6.90. The maximum Gasteiger partial charge on any atom is 0.450 e. The van der Waals surface area contributed by atoms with Crippen molar-refractivity contribution < 1.29 is 60.3 Å². The zero-order valence-corrected chi connectivity index (χ0v) is 24.1. The lowest BCUT2D eigenvalue weighted by Crippen LogP contribution is -2.44. The van der Waals surface area contributed by atoms with Crippen LogP contribution in [0.1, 0.15) is 24.1 Å². The van der Waals surface area contributed by atoms with Gasteiger partial charge in [0.25, 0.3) is 0 Å². The number of anilines is 1. The van der Waals surface area contributed by atoms with Crippen molar-refractivity contribution in [2.24, 2.45) is 0 Å².